The molecular weight excluding hydrogens is 399 g/mol. The lowest BCUT2D eigenvalue weighted by molar-refractivity contribution is -0.144. The number of esters is 1. The summed E-state index contributed by atoms with van der Waals surface area (Å²) >= 11 is 0. The second-order valence-corrected chi connectivity index (χ2v) is 7.18. The molecule has 0 saturated heterocycles. The summed E-state index contributed by atoms with van der Waals surface area (Å²) in [6.07, 6.45) is 0. The second-order valence-electron chi connectivity index (χ2n) is 7.18. The van der Waals surface area contributed by atoms with E-state index in [2.05, 4.69) is 0 Å². The first-order valence-electron chi connectivity index (χ1n) is 9.86. The number of hydrogen-bond acceptors (Lipinski definition) is 4. The number of aromatic nitrogens is 1. The van der Waals surface area contributed by atoms with Gasteiger partial charge in [-0.25, -0.2) is 14.0 Å². The number of ether oxygens (including phenoxy) is 1. The highest BCUT2D eigenvalue weighted by Gasteiger charge is 2.31. The normalized spacial score (nSPS) is 12.2. The number of nitrogens with two attached hydrogens (primary N) is 1. The van der Waals surface area contributed by atoms with Crippen molar-refractivity contribution in [2.75, 3.05) is 6.61 Å². The number of fused-ring (bicyclic) bond motifs is 2. The third-order valence-electron chi connectivity index (χ3n) is 5.33. The maximum atomic E-state index is 14.1. The molecule has 0 saturated carbocycles. The molecule has 0 spiro atoms. The van der Waals surface area contributed by atoms with Crippen molar-refractivity contribution in [3.63, 3.8) is 0 Å². The Kier molecular flexibility index (Phi) is 5.44. The van der Waals surface area contributed by atoms with Crippen LogP contribution in [0.5, 0.6) is 0 Å². The van der Waals surface area contributed by atoms with Crippen molar-refractivity contribution in [2.45, 2.75) is 19.5 Å². The number of halogens is 1. The van der Waals surface area contributed by atoms with Gasteiger partial charge in [-0.1, -0.05) is 42.5 Å². The van der Waals surface area contributed by atoms with E-state index in [0.717, 1.165) is 16.3 Å². The Morgan fingerprint density at radius 3 is 2.58 bits per heavy atom. The largest absolute Gasteiger partial charge is 0.477 e. The monoisotopic (exact) mass is 420 g/mol. The Morgan fingerprint density at radius 2 is 1.84 bits per heavy atom. The molecule has 158 valence electrons. The molecule has 1 atom stereocenters. The zero-order valence-corrected chi connectivity index (χ0v) is 16.8. The fraction of sp³-hybridized carbons (Fsp3) is 0.167. The van der Waals surface area contributed by atoms with Crippen molar-refractivity contribution in [3.8, 4) is 0 Å². The Labute approximate surface area is 177 Å². The highest BCUT2D eigenvalue weighted by molar-refractivity contribution is 6.01. The van der Waals surface area contributed by atoms with Gasteiger partial charge in [-0.05, 0) is 41.5 Å². The Bertz CT molecular complexity index is 1310. The average Bonchev–Trinajstić information content (AvgIpc) is 3.07. The third kappa shape index (κ3) is 3.64. The first-order valence-corrected chi connectivity index (χ1v) is 9.86. The van der Waals surface area contributed by atoms with Crippen LogP contribution in [0.15, 0.2) is 60.7 Å². The van der Waals surface area contributed by atoms with Crippen molar-refractivity contribution in [3.05, 3.63) is 83.3 Å². The van der Waals surface area contributed by atoms with Crippen LogP contribution in [-0.4, -0.2) is 28.2 Å². The fourth-order valence-corrected chi connectivity index (χ4v) is 4.01. The van der Waals surface area contributed by atoms with Crippen molar-refractivity contribution in [2.24, 2.45) is 5.73 Å². The highest BCUT2D eigenvalue weighted by atomic mass is 19.1. The molecule has 1 aromatic heterocycles. The van der Waals surface area contributed by atoms with E-state index in [4.69, 9.17) is 10.5 Å². The van der Waals surface area contributed by atoms with Gasteiger partial charge in [0, 0.05) is 23.0 Å². The standard InChI is InChI=1S/C24H21FN2O4/c1-2-31-24(30)21(26)20-18-12-16(25)10-11-19(18)27(22(20)23(28)29)13-15-8-5-7-14-6-3-4-9-17(14)15/h3-12,21H,2,13,26H2,1H3,(H,28,29). The maximum absolute atomic E-state index is 14.1. The summed E-state index contributed by atoms with van der Waals surface area (Å²) in [5.41, 5.74) is 7.35. The Hall–Kier alpha value is -3.71. The molecule has 0 bridgehead atoms. The topological polar surface area (TPSA) is 94.6 Å². The molecule has 4 aromatic rings. The number of aromatic carboxylic acids is 1. The summed E-state index contributed by atoms with van der Waals surface area (Å²) < 4.78 is 20.7. The molecule has 1 unspecified atom stereocenters. The number of benzene rings is 3. The number of hydrogen-bond donors (Lipinski definition) is 2. The molecule has 0 fully saturated rings. The molecule has 3 N–H and O–H groups in total. The van der Waals surface area contributed by atoms with E-state index in [9.17, 15) is 19.1 Å². The number of nitrogens with zero attached hydrogens (tertiary/aromatic N) is 1. The first kappa shape index (κ1) is 20.6. The molecule has 0 aliphatic heterocycles. The molecule has 0 radical (unpaired) electrons. The van der Waals surface area contributed by atoms with E-state index in [1.54, 1.807) is 11.5 Å². The minimum Gasteiger partial charge on any atom is -0.477 e. The van der Waals surface area contributed by atoms with E-state index in [1.807, 2.05) is 42.5 Å². The highest BCUT2D eigenvalue weighted by Crippen LogP contribution is 2.33. The number of rotatable bonds is 6. The molecule has 6 nitrogen and oxygen atoms in total. The second kappa shape index (κ2) is 8.20. The van der Waals surface area contributed by atoms with Crippen molar-refractivity contribution < 1.29 is 23.8 Å². The van der Waals surface area contributed by atoms with Crippen LogP contribution >= 0.6 is 0 Å². The van der Waals surface area contributed by atoms with Gasteiger partial charge >= 0.3 is 11.9 Å². The van der Waals surface area contributed by atoms with Gasteiger partial charge < -0.3 is 20.1 Å². The third-order valence-corrected chi connectivity index (χ3v) is 5.33. The molecule has 7 heteroatoms. The number of carbonyl (C=O) groups is 2. The van der Waals surface area contributed by atoms with Crippen LogP contribution < -0.4 is 5.73 Å². The fourth-order valence-electron chi connectivity index (χ4n) is 4.01. The van der Waals surface area contributed by atoms with Gasteiger partial charge in [0.25, 0.3) is 0 Å². The molecule has 0 amide bonds. The summed E-state index contributed by atoms with van der Waals surface area (Å²) in [5, 5.41) is 12.3. The van der Waals surface area contributed by atoms with E-state index in [1.165, 1.54) is 18.2 Å². The van der Waals surface area contributed by atoms with Crippen LogP contribution in [0.3, 0.4) is 0 Å². The predicted octanol–water partition coefficient (Wildman–Crippen LogP) is 4.24. The van der Waals surface area contributed by atoms with Crippen LogP contribution in [-0.2, 0) is 16.1 Å². The van der Waals surface area contributed by atoms with Crippen LogP contribution in [0.4, 0.5) is 4.39 Å². The minimum atomic E-state index is -1.36. The molecule has 31 heavy (non-hydrogen) atoms. The van der Waals surface area contributed by atoms with Crippen LogP contribution in [0.2, 0.25) is 0 Å². The summed E-state index contributed by atoms with van der Waals surface area (Å²) in [7, 11) is 0. The Balaban J connectivity index is 1.98. The Morgan fingerprint density at radius 1 is 1.10 bits per heavy atom. The lowest BCUT2D eigenvalue weighted by Crippen LogP contribution is -2.26. The van der Waals surface area contributed by atoms with E-state index >= 15 is 0 Å². The van der Waals surface area contributed by atoms with E-state index < -0.39 is 23.8 Å². The van der Waals surface area contributed by atoms with E-state index in [0.29, 0.717) is 5.52 Å². The molecule has 4 rings (SSSR count). The van der Waals surface area contributed by atoms with Crippen LogP contribution in [0, 0.1) is 5.82 Å². The van der Waals surface area contributed by atoms with Crippen LogP contribution in [0.25, 0.3) is 21.7 Å². The summed E-state index contributed by atoms with van der Waals surface area (Å²) in [4.78, 5) is 24.7. The van der Waals surface area contributed by atoms with Crippen molar-refractivity contribution in [1.82, 2.24) is 4.57 Å². The van der Waals surface area contributed by atoms with Gasteiger partial charge in [0.1, 0.15) is 17.6 Å². The lowest BCUT2D eigenvalue weighted by Gasteiger charge is -2.14. The number of carbonyl (C=O) groups excluding carboxylic acids is 1. The average molecular weight is 420 g/mol. The summed E-state index contributed by atoms with van der Waals surface area (Å²) in [6, 6.07) is 16.2. The maximum Gasteiger partial charge on any atom is 0.352 e. The number of carboxylic acids is 1. The van der Waals surface area contributed by atoms with Gasteiger partial charge in [-0.2, -0.15) is 0 Å². The molecule has 1 heterocycles. The van der Waals surface area contributed by atoms with Gasteiger partial charge in [0.2, 0.25) is 0 Å². The molecule has 3 aromatic carbocycles. The van der Waals surface area contributed by atoms with Crippen LogP contribution in [0.1, 0.15) is 34.6 Å². The molecular formula is C24H21FN2O4. The van der Waals surface area contributed by atoms with Crippen molar-refractivity contribution in [1.29, 1.82) is 0 Å². The quantitative estimate of drug-likeness (QED) is 0.455. The zero-order valence-electron chi connectivity index (χ0n) is 16.8. The smallest absolute Gasteiger partial charge is 0.352 e. The van der Waals surface area contributed by atoms with Gasteiger partial charge in [-0.3, -0.25) is 0 Å². The predicted molar refractivity (Wildman–Crippen MR) is 115 cm³/mol. The van der Waals surface area contributed by atoms with Gasteiger partial charge in [-0.15, -0.1) is 0 Å². The first-order chi connectivity index (χ1) is 14.9. The number of carboxylic acid groups (broad SMARTS) is 1. The lowest BCUT2D eigenvalue weighted by atomic mass is 10.0. The van der Waals surface area contributed by atoms with E-state index in [-0.39, 0.29) is 29.8 Å². The zero-order chi connectivity index (χ0) is 22.1. The SMILES string of the molecule is CCOC(=O)C(N)c1c(C(=O)O)n(Cc2cccc3ccccc23)c2ccc(F)cc12. The minimum absolute atomic E-state index is 0.0423. The molecule has 0 aliphatic carbocycles. The van der Waals surface area contributed by atoms with Gasteiger partial charge in [0.15, 0.2) is 0 Å². The molecule has 0 aliphatic rings. The summed E-state index contributed by atoms with van der Waals surface area (Å²) in [6.45, 7) is 1.94. The van der Waals surface area contributed by atoms with Crippen molar-refractivity contribution >= 4 is 33.6 Å². The summed E-state index contributed by atoms with van der Waals surface area (Å²) in [5.74, 6) is -2.57. The van der Waals surface area contributed by atoms with Gasteiger partial charge in [0.05, 0.1) is 6.61 Å².